The molecule has 3 aromatic heterocycles. The van der Waals surface area contributed by atoms with Crippen LogP contribution < -0.4 is 10.9 Å². The minimum atomic E-state index is -0.481. The first-order valence-electron chi connectivity index (χ1n) is 9.33. The zero-order chi connectivity index (χ0) is 21.8. The van der Waals surface area contributed by atoms with Gasteiger partial charge in [0.2, 0.25) is 5.91 Å². The number of nitrogens with zero attached hydrogens (tertiary/aromatic N) is 2. The predicted molar refractivity (Wildman–Crippen MR) is 116 cm³/mol. The van der Waals surface area contributed by atoms with Gasteiger partial charge in [-0.15, -0.1) is 22.7 Å². The van der Waals surface area contributed by atoms with E-state index in [0.29, 0.717) is 38.5 Å². The van der Waals surface area contributed by atoms with Crippen molar-refractivity contribution in [2.45, 2.75) is 33.7 Å². The topological polar surface area (TPSA) is 107 Å². The number of carbonyl (C=O) groups excluding carboxylic acids is 3. The molecule has 0 unspecified atom stereocenters. The number of aryl methyl sites for hydroxylation is 1. The number of carbonyl (C=O) groups is 3. The molecule has 0 spiro atoms. The summed E-state index contributed by atoms with van der Waals surface area (Å²) in [6, 6.07) is 3.57. The number of Topliss-reactive ketones (excluding diaryl/α,β-unsaturated/α-hetero) is 1. The van der Waals surface area contributed by atoms with E-state index in [2.05, 4.69) is 10.3 Å². The summed E-state index contributed by atoms with van der Waals surface area (Å²) < 4.78 is 6.29. The van der Waals surface area contributed by atoms with Crippen molar-refractivity contribution in [3.63, 3.8) is 0 Å². The predicted octanol–water partition coefficient (Wildman–Crippen LogP) is 2.57. The van der Waals surface area contributed by atoms with Gasteiger partial charge in [-0.1, -0.05) is 0 Å². The third kappa shape index (κ3) is 4.65. The smallest absolute Gasteiger partial charge is 0.348 e. The van der Waals surface area contributed by atoms with Crippen molar-refractivity contribution < 1.29 is 19.1 Å². The van der Waals surface area contributed by atoms with Crippen LogP contribution in [0.1, 0.15) is 43.6 Å². The fourth-order valence-corrected chi connectivity index (χ4v) is 4.89. The molecule has 158 valence electrons. The summed E-state index contributed by atoms with van der Waals surface area (Å²) in [5.41, 5.74) is 0.157. The molecule has 30 heavy (non-hydrogen) atoms. The molecule has 3 rings (SSSR count). The van der Waals surface area contributed by atoms with E-state index in [1.54, 1.807) is 19.9 Å². The van der Waals surface area contributed by atoms with E-state index in [0.717, 1.165) is 16.2 Å². The van der Waals surface area contributed by atoms with Crippen molar-refractivity contribution in [3.05, 3.63) is 49.0 Å². The van der Waals surface area contributed by atoms with Gasteiger partial charge in [-0.3, -0.25) is 19.0 Å². The summed E-state index contributed by atoms with van der Waals surface area (Å²) in [5, 5.41) is 3.05. The van der Waals surface area contributed by atoms with Crippen LogP contribution in [0.25, 0.3) is 10.2 Å². The van der Waals surface area contributed by atoms with Gasteiger partial charge >= 0.3 is 5.97 Å². The van der Waals surface area contributed by atoms with Crippen LogP contribution in [0.5, 0.6) is 0 Å². The maximum Gasteiger partial charge on any atom is 0.348 e. The summed E-state index contributed by atoms with van der Waals surface area (Å²) in [6.07, 6.45) is 1.97. The second-order valence-electron chi connectivity index (χ2n) is 6.56. The number of ketones is 1. The van der Waals surface area contributed by atoms with Crippen LogP contribution in [0.3, 0.4) is 0 Å². The first kappa shape index (κ1) is 21.8. The van der Waals surface area contributed by atoms with Crippen LogP contribution in [0, 0.1) is 6.92 Å². The van der Waals surface area contributed by atoms with E-state index >= 15 is 0 Å². The number of ether oxygens (including phenoxy) is 1. The number of amides is 1. The molecule has 0 saturated heterocycles. The van der Waals surface area contributed by atoms with Crippen molar-refractivity contribution in [1.29, 1.82) is 0 Å². The van der Waals surface area contributed by atoms with Gasteiger partial charge < -0.3 is 10.1 Å². The lowest BCUT2D eigenvalue weighted by molar-refractivity contribution is -0.118. The van der Waals surface area contributed by atoms with Crippen LogP contribution in [-0.2, 0) is 22.5 Å². The van der Waals surface area contributed by atoms with Gasteiger partial charge in [0.25, 0.3) is 5.56 Å². The van der Waals surface area contributed by atoms with Crippen LogP contribution in [0.2, 0.25) is 0 Å². The fraction of sp³-hybridized carbons (Fsp3) is 0.350. The highest BCUT2D eigenvalue weighted by Gasteiger charge is 2.21. The number of aromatic nitrogens is 2. The first-order chi connectivity index (χ1) is 14.3. The van der Waals surface area contributed by atoms with E-state index in [9.17, 15) is 19.2 Å². The number of fused-ring (bicyclic) bond motifs is 1. The minimum Gasteiger partial charge on any atom is -0.462 e. The van der Waals surface area contributed by atoms with Crippen molar-refractivity contribution in [2.75, 3.05) is 13.2 Å². The maximum atomic E-state index is 12.9. The van der Waals surface area contributed by atoms with Crippen molar-refractivity contribution >= 4 is 50.5 Å². The lowest BCUT2D eigenvalue weighted by Crippen LogP contribution is -2.24. The minimum absolute atomic E-state index is 0.0973. The van der Waals surface area contributed by atoms with Gasteiger partial charge in [0.1, 0.15) is 9.71 Å². The van der Waals surface area contributed by atoms with E-state index in [1.165, 1.54) is 29.2 Å². The first-order valence-corrected chi connectivity index (χ1v) is 11.0. The molecule has 3 aromatic rings. The largest absolute Gasteiger partial charge is 0.462 e. The zero-order valence-corrected chi connectivity index (χ0v) is 18.4. The molecule has 0 aromatic carbocycles. The second kappa shape index (κ2) is 9.31. The highest BCUT2D eigenvalue weighted by atomic mass is 32.1. The highest BCUT2D eigenvalue weighted by Crippen LogP contribution is 2.27. The Morgan fingerprint density at radius 3 is 2.70 bits per heavy atom. The molecule has 0 bridgehead atoms. The third-order valence-electron chi connectivity index (χ3n) is 4.37. The lowest BCUT2D eigenvalue weighted by atomic mass is 10.2. The van der Waals surface area contributed by atoms with Gasteiger partial charge in [0.05, 0.1) is 29.7 Å². The average Bonchev–Trinajstić information content (AvgIpc) is 3.29. The molecule has 0 aliphatic carbocycles. The monoisotopic (exact) mass is 447 g/mol. The highest BCUT2D eigenvalue weighted by molar-refractivity contribution is 7.20. The number of hydrogen-bond acceptors (Lipinski definition) is 8. The summed E-state index contributed by atoms with van der Waals surface area (Å²) in [5.74, 6) is -0.780. The molecule has 0 saturated carbocycles. The summed E-state index contributed by atoms with van der Waals surface area (Å²) in [4.78, 5) is 55.2. The van der Waals surface area contributed by atoms with Gasteiger partial charge in [-0.25, -0.2) is 9.78 Å². The third-order valence-corrected chi connectivity index (χ3v) is 6.74. The van der Waals surface area contributed by atoms with Crippen LogP contribution in [-0.4, -0.2) is 40.4 Å². The van der Waals surface area contributed by atoms with E-state index in [-0.39, 0.29) is 30.4 Å². The summed E-state index contributed by atoms with van der Waals surface area (Å²) in [6.45, 7) is 5.46. The van der Waals surface area contributed by atoms with Gasteiger partial charge in [-0.05, 0) is 38.0 Å². The van der Waals surface area contributed by atoms with Crippen molar-refractivity contribution in [2.24, 2.45) is 0 Å². The Hall–Kier alpha value is -2.85. The Morgan fingerprint density at radius 1 is 1.23 bits per heavy atom. The molecule has 1 N–H and O–H groups in total. The molecule has 1 amide bonds. The Balaban J connectivity index is 1.80. The second-order valence-corrected chi connectivity index (χ2v) is 8.72. The van der Waals surface area contributed by atoms with Crippen molar-refractivity contribution in [1.82, 2.24) is 14.9 Å². The lowest BCUT2D eigenvalue weighted by Gasteiger charge is -2.04. The van der Waals surface area contributed by atoms with Crippen LogP contribution in [0.15, 0.2) is 23.3 Å². The summed E-state index contributed by atoms with van der Waals surface area (Å²) in [7, 11) is 0. The van der Waals surface area contributed by atoms with E-state index in [4.69, 9.17) is 4.74 Å². The molecule has 0 atom stereocenters. The molecule has 8 nitrogen and oxygen atoms in total. The number of nitrogens with one attached hydrogen (secondary N) is 1. The molecule has 3 heterocycles. The van der Waals surface area contributed by atoms with Crippen LogP contribution >= 0.6 is 22.7 Å². The molecule has 0 aliphatic heterocycles. The molecule has 0 fully saturated rings. The Labute approximate surface area is 180 Å². The molecule has 0 aliphatic rings. The molecular formula is C20H21N3O5S2. The summed E-state index contributed by atoms with van der Waals surface area (Å²) >= 11 is 2.45. The van der Waals surface area contributed by atoms with Gasteiger partial charge in [-0.2, -0.15) is 0 Å². The molecule has 10 heteroatoms. The number of esters is 1. The Bertz CT molecular complexity index is 1180. The molecule has 0 radical (unpaired) electrons. The maximum absolute atomic E-state index is 12.9. The van der Waals surface area contributed by atoms with E-state index in [1.807, 2.05) is 6.07 Å². The van der Waals surface area contributed by atoms with Gasteiger partial charge in [0.15, 0.2) is 5.78 Å². The Kier molecular flexibility index (Phi) is 6.78. The fourth-order valence-electron chi connectivity index (χ4n) is 2.92. The standard InChI is InChI=1S/C20H21N3O5S2/c1-4-28-20(27)17-11(2)16-18(30-17)22-10-23(19(16)26)9-14(25)15-6-5-13(29-15)7-8-21-12(3)24/h5-6,10H,4,7-9H2,1-3H3,(H,21,24). The van der Waals surface area contributed by atoms with Gasteiger partial charge in [0, 0.05) is 18.3 Å². The van der Waals surface area contributed by atoms with E-state index < -0.39 is 5.97 Å². The normalized spacial score (nSPS) is 10.9. The van der Waals surface area contributed by atoms with Crippen LogP contribution in [0.4, 0.5) is 0 Å². The number of thiophene rings is 2. The molecular weight excluding hydrogens is 426 g/mol. The quantitative estimate of drug-likeness (QED) is 0.420. The number of rotatable bonds is 8. The number of hydrogen-bond donors (Lipinski definition) is 1. The SMILES string of the molecule is CCOC(=O)c1sc2ncn(CC(=O)c3ccc(CCNC(C)=O)s3)c(=O)c2c1C. The average molecular weight is 448 g/mol. The Morgan fingerprint density at radius 2 is 2.00 bits per heavy atom. The zero-order valence-electron chi connectivity index (χ0n) is 16.8. The van der Waals surface area contributed by atoms with Crippen molar-refractivity contribution in [3.8, 4) is 0 Å².